The summed E-state index contributed by atoms with van der Waals surface area (Å²) in [6.07, 6.45) is 7.33. The quantitative estimate of drug-likeness (QED) is 0.611. The third-order valence-corrected chi connectivity index (χ3v) is 7.42. The van der Waals surface area contributed by atoms with Gasteiger partial charge in [-0.25, -0.2) is 12.7 Å². The summed E-state index contributed by atoms with van der Waals surface area (Å²) in [7, 11) is -3.06. The van der Waals surface area contributed by atoms with Gasteiger partial charge in [-0.3, -0.25) is 9.69 Å². The van der Waals surface area contributed by atoms with Gasteiger partial charge in [-0.05, 0) is 51.0 Å². The second-order valence-corrected chi connectivity index (χ2v) is 9.64. The van der Waals surface area contributed by atoms with Crippen LogP contribution in [0.25, 0.3) is 0 Å². The zero-order chi connectivity index (χ0) is 17.4. The molecular weight excluding hydrogens is 328 g/mol. The summed E-state index contributed by atoms with van der Waals surface area (Å²) in [5.41, 5.74) is 5.31. The number of nitrogens with zero attached hydrogens (tertiary/aromatic N) is 2. The van der Waals surface area contributed by atoms with Crippen molar-refractivity contribution in [3.63, 3.8) is 0 Å². The zero-order valence-corrected chi connectivity index (χ0v) is 15.4. The van der Waals surface area contributed by atoms with Crippen LogP contribution in [0.5, 0.6) is 0 Å². The van der Waals surface area contributed by atoms with E-state index in [0.717, 1.165) is 51.7 Å². The van der Waals surface area contributed by atoms with Gasteiger partial charge in [0.1, 0.15) is 5.54 Å². The molecule has 0 aromatic rings. The number of hydrogen-bond donors (Lipinski definition) is 2. The second-order valence-electron chi connectivity index (χ2n) is 7.65. The summed E-state index contributed by atoms with van der Waals surface area (Å²) in [6.45, 7) is 3.73. The summed E-state index contributed by atoms with van der Waals surface area (Å²) < 4.78 is 24.7. The largest absolute Gasteiger partial charge is 0.368 e. The lowest BCUT2D eigenvalue weighted by Crippen LogP contribution is -2.59. The van der Waals surface area contributed by atoms with E-state index in [-0.39, 0.29) is 5.91 Å². The number of carbonyl (C=O) groups excluding carboxylic acids is 1. The molecule has 0 unspecified atom stereocenters. The molecule has 0 spiro atoms. The number of fused-ring (bicyclic) bond motifs is 2. The van der Waals surface area contributed by atoms with E-state index in [4.69, 9.17) is 5.73 Å². The zero-order valence-electron chi connectivity index (χ0n) is 14.5. The van der Waals surface area contributed by atoms with E-state index in [1.165, 1.54) is 12.7 Å². The van der Waals surface area contributed by atoms with E-state index in [1.807, 2.05) is 0 Å². The molecule has 3 rings (SSSR count). The number of amides is 1. The Kier molecular flexibility index (Phi) is 5.20. The van der Waals surface area contributed by atoms with Gasteiger partial charge in [-0.2, -0.15) is 0 Å². The number of piperidine rings is 1. The number of sulfonamides is 1. The van der Waals surface area contributed by atoms with Crippen LogP contribution >= 0.6 is 0 Å². The van der Waals surface area contributed by atoms with Gasteiger partial charge in [0.25, 0.3) is 0 Å². The predicted molar refractivity (Wildman–Crippen MR) is 92.9 cm³/mol. The Bertz CT molecular complexity index is 578. The van der Waals surface area contributed by atoms with Crippen molar-refractivity contribution in [2.24, 2.45) is 11.7 Å². The van der Waals surface area contributed by atoms with Crippen LogP contribution in [-0.4, -0.2) is 74.1 Å². The normalized spacial score (nSPS) is 34.7. The van der Waals surface area contributed by atoms with E-state index in [0.29, 0.717) is 25.0 Å². The van der Waals surface area contributed by atoms with E-state index < -0.39 is 15.6 Å². The van der Waals surface area contributed by atoms with Crippen molar-refractivity contribution in [2.75, 3.05) is 39.0 Å². The minimum absolute atomic E-state index is 0.163. The Morgan fingerprint density at radius 2 is 2.08 bits per heavy atom. The minimum atomic E-state index is -3.06. The van der Waals surface area contributed by atoms with Crippen molar-refractivity contribution >= 4 is 15.9 Å². The predicted octanol–water partition coefficient (Wildman–Crippen LogP) is -0.270. The fourth-order valence-corrected chi connectivity index (χ4v) is 5.73. The molecule has 3 N–H and O–H groups in total. The molecule has 0 aliphatic carbocycles. The van der Waals surface area contributed by atoms with Crippen LogP contribution in [0.15, 0.2) is 0 Å². The number of rotatable bonds is 7. The highest BCUT2D eigenvalue weighted by Gasteiger charge is 2.52. The summed E-state index contributed by atoms with van der Waals surface area (Å²) in [4.78, 5) is 14.4. The van der Waals surface area contributed by atoms with Crippen molar-refractivity contribution in [3.05, 3.63) is 0 Å². The topological polar surface area (TPSA) is 95.7 Å². The fraction of sp³-hybridized carbons (Fsp3) is 0.938. The number of nitrogens with two attached hydrogens (primary N) is 1. The molecule has 0 radical (unpaired) electrons. The molecule has 3 saturated heterocycles. The highest BCUT2D eigenvalue weighted by molar-refractivity contribution is 7.88. The maximum Gasteiger partial charge on any atom is 0.237 e. The highest BCUT2D eigenvalue weighted by Crippen LogP contribution is 2.43. The highest BCUT2D eigenvalue weighted by atomic mass is 32.2. The molecule has 8 heteroatoms. The molecule has 3 atom stereocenters. The second kappa shape index (κ2) is 6.90. The lowest BCUT2D eigenvalue weighted by molar-refractivity contribution is -0.131. The van der Waals surface area contributed by atoms with Crippen molar-refractivity contribution in [1.82, 2.24) is 14.5 Å². The van der Waals surface area contributed by atoms with Crippen LogP contribution in [0, 0.1) is 5.92 Å². The monoisotopic (exact) mass is 358 g/mol. The number of nitrogens with one attached hydrogen (secondary N) is 1. The molecule has 138 valence electrons. The molecule has 3 aliphatic heterocycles. The lowest BCUT2D eigenvalue weighted by atomic mass is 9.87. The van der Waals surface area contributed by atoms with Gasteiger partial charge < -0.3 is 11.1 Å². The van der Waals surface area contributed by atoms with Crippen LogP contribution in [0.3, 0.4) is 0 Å². The van der Waals surface area contributed by atoms with E-state index >= 15 is 0 Å². The molecule has 3 fully saturated rings. The molecule has 0 aromatic carbocycles. The number of hydrogen-bond acceptors (Lipinski definition) is 5. The van der Waals surface area contributed by atoms with E-state index in [9.17, 15) is 13.2 Å². The number of primary amides is 1. The summed E-state index contributed by atoms with van der Waals surface area (Å²) in [6, 6.07) is 0.500. The van der Waals surface area contributed by atoms with Crippen LogP contribution in [0.4, 0.5) is 0 Å². The first-order valence-corrected chi connectivity index (χ1v) is 10.9. The summed E-state index contributed by atoms with van der Waals surface area (Å²) in [5, 5.41) is 3.46. The third-order valence-electron chi connectivity index (χ3n) is 6.15. The minimum Gasteiger partial charge on any atom is -0.368 e. The van der Waals surface area contributed by atoms with Crippen LogP contribution < -0.4 is 11.1 Å². The van der Waals surface area contributed by atoms with Crippen molar-refractivity contribution in [2.45, 2.75) is 50.1 Å². The van der Waals surface area contributed by atoms with Gasteiger partial charge in [0.05, 0.1) is 6.26 Å². The SMILES string of the molecule is CS(=O)(=O)N1CC[C@@H](CNCCN2[C@@H]3CCC[C@@]2(C(N)=O)CC3)C1. The van der Waals surface area contributed by atoms with Gasteiger partial charge in [-0.15, -0.1) is 0 Å². The first-order valence-electron chi connectivity index (χ1n) is 9.05. The molecule has 1 amide bonds. The first kappa shape index (κ1) is 18.1. The summed E-state index contributed by atoms with van der Waals surface area (Å²) >= 11 is 0. The van der Waals surface area contributed by atoms with Crippen LogP contribution in [0.2, 0.25) is 0 Å². The average molecular weight is 359 g/mol. The van der Waals surface area contributed by atoms with Crippen LogP contribution in [0.1, 0.15) is 38.5 Å². The number of carbonyl (C=O) groups is 1. The molecule has 3 aliphatic rings. The van der Waals surface area contributed by atoms with Crippen molar-refractivity contribution in [1.29, 1.82) is 0 Å². The third kappa shape index (κ3) is 3.47. The molecule has 0 aromatic heterocycles. The first-order chi connectivity index (χ1) is 11.3. The molecule has 3 heterocycles. The lowest BCUT2D eigenvalue weighted by Gasteiger charge is -2.42. The van der Waals surface area contributed by atoms with Gasteiger partial charge >= 0.3 is 0 Å². The Hall–Kier alpha value is -0.700. The van der Waals surface area contributed by atoms with E-state index in [1.54, 1.807) is 4.31 Å². The Morgan fingerprint density at radius 1 is 1.29 bits per heavy atom. The molecular formula is C16H30N4O3S. The molecule has 0 saturated carbocycles. The van der Waals surface area contributed by atoms with Gasteiger partial charge in [0.2, 0.25) is 15.9 Å². The standard InChI is InChI=1S/C16H30N4O3S/c1-24(22,23)19-9-5-13(12-19)11-18-8-10-20-14-3-2-6-16(20,7-4-14)15(17)21/h13-14,18H,2-12H2,1H3,(H2,17,21)/t13-,14+,16-/m0/s1. The van der Waals surface area contributed by atoms with Crippen molar-refractivity contribution < 1.29 is 13.2 Å². The van der Waals surface area contributed by atoms with Crippen molar-refractivity contribution in [3.8, 4) is 0 Å². The Labute approximate surface area is 145 Å². The maximum absolute atomic E-state index is 12.0. The van der Waals surface area contributed by atoms with Crippen LogP contribution in [-0.2, 0) is 14.8 Å². The van der Waals surface area contributed by atoms with Gasteiger partial charge in [0.15, 0.2) is 0 Å². The van der Waals surface area contributed by atoms with E-state index in [2.05, 4.69) is 10.2 Å². The van der Waals surface area contributed by atoms with Gasteiger partial charge in [-0.1, -0.05) is 0 Å². The maximum atomic E-state index is 12.0. The average Bonchev–Trinajstić information content (AvgIpc) is 3.05. The van der Waals surface area contributed by atoms with Gasteiger partial charge in [0, 0.05) is 32.2 Å². The Balaban J connectivity index is 1.45. The molecule has 7 nitrogen and oxygen atoms in total. The Morgan fingerprint density at radius 3 is 2.75 bits per heavy atom. The molecule has 24 heavy (non-hydrogen) atoms. The fourth-order valence-electron chi connectivity index (χ4n) is 4.81. The summed E-state index contributed by atoms with van der Waals surface area (Å²) in [5.74, 6) is 0.215. The smallest absolute Gasteiger partial charge is 0.237 e. The molecule has 2 bridgehead atoms.